The van der Waals surface area contributed by atoms with Crippen molar-refractivity contribution >= 4 is 5.97 Å². The Bertz CT molecular complexity index is 265. The number of hydrogen-bond acceptors (Lipinski definition) is 3. The van der Waals surface area contributed by atoms with E-state index in [0.29, 0.717) is 0 Å². The van der Waals surface area contributed by atoms with Crippen molar-refractivity contribution in [3.8, 4) is 0 Å². The Balaban J connectivity index is 2.20. The topological polar surface area (TPSA) is 46.5 Å². The van der Waals surface area contributed by atoms with Crippen LogP contribution in [0.1, 0.15) is 78.1 Å². The molecular formula is C16H30O3. The molecule has 2 atom stereocenters. The number of hydrogen-bond donors (Lipinski definition) is 1. The second-order valence-electron chi connectivity index (χ2n) is 6.07. The van der Waals surface area contributed by atoms with Crippen LogP contribution in [0.15, 0.2) is 0 Å². The number of carbonyl (C=O) groups is 1. The van der Waals surface area contributed by atoms with Crippen LogP contribution in [0.2, 0.25) is 0 Å². The average Bonchev–Trinajstić information content (AvgIpc) is 2.42. The maximum absolute atomic E-state index is 11.6. The second kappa shape index (κ2) is 8.57. The molecule has 0 saturated carbocycles. The fourth-order valence-electron chi connectivity index (χ4n) is 2.73. The van der Waals surface area contributed by atoms with Gasteiger partial charge in [0.2, 0.25) is 0 Å². The van der Waals surface area contributed by atoms with Gasteiger partial charge >= 0.3 is 5.97 Å². The first-order chi connectivity index (χ1) is 9.13. The minimum atomic E-state index is -0.576. The molecule has 1 fully saturated rings. The molecule has 0 spiro atoms. The molecule has 19 heavy (non-hydrogen) atoms. The van der Waals surface area contributed by atoms with E-state index in [1.54, 1.807) is 0 Å². The fraction of sp³-hybridized carbons (Fsp3) is 0.938. The van der Waals surface area contributed by atoms with E-state index in [2.05, 4.69) is 6.92 Å². The standard InChI is InChI=1S/C16H30O3/c1-3-4-5-6-7-8-9-11-16(13-17)12-10-14(2)15(18)19-16/h14,17H,3-13H2,1-2H3/t14-,16+/m0/s1. The molecule has 0 amide bonds. The molecule has 0 aromatic heterocycles. The lowest BCUT2D eigenvalue weighted by atomic mass is 9.85. The van der Waals surface area contributed by atoms with Gasteiger partial charge in [0.1, 0.15) is 5.60 Å². The van der Waals surface area contributed by atoms with E-state index < -0.39 is 5.60 Å². The molecule has 1 rings (SSSR count). The molecule has 3 heteroatoms. The average molecular weight is 270 g/mol. The maximum Gasteiger partial charge on any atom is 0.309 e. The van der Waals surface area contributed by atoms with Gasteiger partial charge in [-0.25, -0.2) is 0 Å². The Hall–Kier alpha value is -0.570. The molecule has 0 bridgehead atoms. The smallest absolute Gasteiger partial charge is 0.309 e. The lowest BCUT2D eigenvalue weighted by Gasteiger charge is -2.37. The highest BCUT2D eigenvalue weighted by Crippen LogP contribution is 2.33. The molecule has 0 unspecified atom stereocenters. The normalized spacial score (nSPS) is 27.3. The van der Waals surface area contributed by atoms with E-state index in [9.17, 15) is 9.90 Å². The van der Waals surface area contributed by atoms with Crippen molar-refractivity contribution in [1.29, 1.82) is 0 Å². The third-order valence-electron chi connectivity index (χ3n) is 4.28. The number of cyclic esters (lactones) is 1. The van der Waals surface area contributed by atoms with E-state index >= 15 is 0 Å². The zero-order valence-electron chi connectivity index (χ0n) is 12.6. The van der Waals surface area contributed by atoms with Gasteiger partial charge in [-0.2, -0.15) is 0 Å². The van der Waals surface area contributed by atoms with Crippen molar-refractivity contribution < 1.29 is 14.6 Å². The van der Waals surface area contributed by atoms with E-state index in [4.69, 9.17) is 4.74 Å². The molecule has 1 heterocycles. The summed E-state index contributed by atoms with van der Waals surface area (Å²) < 4.78 is 5.49. The molecule has 0 aliphatic carbocycles. The van der Waals surface area contributed by atoms with Crippen LogP contribution in [0.4, 0.5) is 0 Å². The molecule has 0 radical (unpaired) electrons. The van der Waals surface area contributed by atoms with Crippen molar-refractivity contribution in [2.24, 2.45) is 5.92 Å². The lowest BCUT2D eigenvalue weighted by Crippen LogP contribution is -2.44. The molecule has 3 nitrogen and oxygen atoms in total. The minimum Gasteiger partial charge on any atom is -0.456 e. The first kappa shape index (κ1) is 16.5. The monoisotopic (exact) mass is 270 g/mol. The number of rotatable bonds is 9. The number of esters is 1. The van der Waals surface area contributed by atoms with E-state index in [-0.39, 0.29) is 18.5 Å². The lowest BCUT2D eigenvalue weighted by molar-refractivity contribution is -0.180. The van der Waals surface area contributed by atoms with Crippen LogP contribution < -0.4 is 0 Å². The summed E-state index contributed by atoms with van der Waals surface area (Å²) in [5.41, 5.74) is -0.576. The van der Waals surface area contributed by atoms with Gasteiger partial charge in [0.15, 0.2) is 0 Å². The Morgan fingerprint density at radius 1 is 1.21 bits per heavy atom. The Morgan fingerprint density at radius 2 is 1.84 bits per heavy atom. The highest BCUT2D eigenvalue weighted by Gasteiger charge is 2.39. The van der Waals surface area contributed by atoms with Gasteiger partial charge in [-0.05, 0) is 25.7 Å². The molecule has 1 aliphatic heterocycles. The number of aliphatic hydroxyl groups is 1. The van der Waals surface area contributed by atoms with Crippen molar-refractivity contribution in [1.82, 2.24) is 0 Å². The predicted octanol–water partition coefficient (Wildman–Crippen LogP) is 3.83. The summed E-state index contributed by atoms with van der Waals surface area (Å²) in [5, 5.41) is 9.54. The van der Waals surface area contributed by atoms with Gasteiger partial charge in [-0.3, -0.25) is 4.79 Å². The van der Waals surface area contributed by atoms with Gasteiger partial charge < -0.3 is 9.84 Å². The number of unbranched alkanes of at least 4 members (excludes halogenated alkanes) is 6. The van der Waals surface area contributed by atoms with Crippen LogP contribution in [-0.4, -0.2) is 23.3 Å². The van der Waals surface area contributed by atoms with Gasteiger partial charge in [0, 0.05) is 0 Å². The third-order valence-corrected chi connectivity index (χ3v) is 4.28. The quantitative estimate of drug-likeness (QED) is 0.511. The number of carbonyl (C=O) groups excluding carboxylic acids is 1. The number of ether oxygens (including phenoxy) is 1. The Morgan fingerprint density at radius 3 is 2.42 bits per heavy atom. The van der Waals surface area contributed by atoms with Crippen molar-refractivity contribution in [2.75, 3.05) is 6.61 Å². The summed E-state index contributed by atoms with van der Waals surface area (Å²) in [6, 6.07) is 0. The molecule has 1 saturated heterocycles. The highest BCUT2D eigenvalue weighted by atomic mass is 16.6. The van der Waals surface area contributed by atoms with Gasteiger partial charge in [-0.15, -0.1) is 0 Å². The van der Waals surface area contributed by atoms with Crippen LogP contribution in [-0.2, 0) is 9.53 Å². The molecule has 0 aromatic carbocycles. The predicted molar refractivity (Wildman–Crippen MR) is 76.9 cm³/mol. The first-order valence-corrected chi connectivity index (χ1v) is 7.97. The van der Waals surface area contributed by atoms with Crippen LogP contribution in [0, 0.1) is 5.92 Å². The Labute approximate surface area is 117 Å². The summed E-state index contributed by atoms with van der Waals surface area (Å²) in [5.74, 6) is -0.142. The highest BCUT2D eigenvalue weighted by molar-refractivity contribution is 5.73. The van der Waals surface area contributed by atoms with Gasteiger partial charge in [-0.1, -0.05) is 52.4 Å². The molecule has 1 aliphatic rings. The first-order valence-electron chi connectivity index (χ1n) is 7.97. The van der Waals surface area contributed by atoms with Crippen molar-refractivity contribution in [3.05, 3.63) is 0 Å². The molecule has 0 aromatic rings. The van der Waals surface area contributed by atoms with Crippen molar-refractivity contribution in [2.45, 2.75) is 83.7 Å². The molecular weight excluding hydrogens is 240 g/mol. The zero-order chi connectivity index (χ0) is 14.1. The Kier molecular flexibility index (Phi) is 7.44. The van der Waals surface area contributed by atoms with Gasteiger partial charge in [0.25, 0.3) is 0 Å². The van der Waals surface area contributed by atoms with E-state index in [1.807, 2.05) is 6.92 Å². The van der Waals surface area contributed by atoms with Crippen LogP contribution >= 0.6 is 0 Å². The van der Waals surface area contributed by atoms with Crippen LogP contribution in [0.3, 0.4) is 0 Å². The number of aliphatic hydroxyl groups excluding tert-OH is 1. The fourth-order valence-corrected chi connectivity index (χ4v) is 2.73. The van der Waals surface area contributed by atoms with Gasteiger partial charge in [0.05, 0.1) is 12.5 Å². The van der Waals surface area contributed by atoms with Crippen LogP contribution in [0.5, 0.6) is 0 Å². The SMILES string of the molecule is CCCCCCCCC[C@]1(CO)CC[C@H](C)C(=O)O1. The molecule has 112 valence electrons. The van der Waals surface area contributed by atoms with E-state index in [1.165, 1.54) is 38.5 Å². The third kappa shape index (κ3) is 5.52. The summed E-state index contributed by atoms with van der Waals surface area (Å²) in [4.78, 5) is 11.6. The second-order valence-corrected chi connectivity index (χ2v) is 6.07. The maximum atomic E-state index is 11.6. The summed E-state index contributed by atoms with van der Waals surface area (Å²) in [6.07, 6.45) is 11.2. The molecule has 1 N–H and O–H groups in total. The van der Waals surface area contributed by atoms with E-state index in [0.717, 1.165) is 25.7 Å². The van der Waals surface area contributed by atoms with Crippen LogP contribution in [0.25, 0.3) is 0 Å². The zero-order valence-corrected chi connectivity index (χ0v) is 12.6. The van der Waals surface area contributed by atoms with Crippen molar-refractivity contribution in [3.63, 3.8) is 0 Å². The largest absolute Gasteiger partial charge is 0.456 e. The summed E-state index contributed by atoms with van der Waals surface area (Å²) in [6.45, 7) is 4.10. The summed E-state index contributed by atoms with van der Waals surface area (Å²) >= 11 is 0. The summed E-state index contributed by atoms with van der Waals surface area (Å²) in [7, 11) is 0. The minimum absolute atomic E-state index is 0.00582.